The van der Waals surface area contributed by atoms with Crippen LogP contribution in [0.15, 0.2) is 12.1 Å². The molecule has 1 atom stereocenters. The van der Waals surface area contributed by atoms with Gasteiger partial charge in [0.15, 0.2) is 6.29 Å². The largest absolute Gasteiger partial charge is 0.465 e. The average Bonchev–Trinajstić information content (AvgIpc) is 2.50. The summed E-state index contributed by atoms with van der Waals surface area (Å²) in [5, 5.41) is 0. The van der Waals surface area contributed by atoms with Crippen LogP contribution in [0.25, 0.3) is 0 Å². The molecule has 0 bridgehead atoms. The second kappa shape index (κ2) is 6.02. The van der Waals surface area contributed by atoms with Crippen molar-refractivity contribution in [3.05, 3.63) is 23.5 Å². The molecule has 1 saturated heterocycles. The third-order valence-corrected chi connectivity index (χ3v) is 4.05. The Hall–Kier alpha value is -1.62. The van der Waals surface area contributed by atoms with E-state index in [1.54, 1.807) is 6.07 Å². The van der Waals surface area contributed by atoms with Gasteiger partial charge in [-0.1, -0.05) is 0 Å². The number of amides is 1. The Morgan fingerprint density at radius 1 is 1.38 bits per heavy atom. The zero-order valence-electron chi connectivity index (χ0n) is 12.2. The molecule has 4 nitrogen and oxygen atoms in total. The molecule has 2 aliphatic rings. The molecule has 114 valence electrons. The van der Waals surface area contributed by atoms with Gasteiger partial charge in [-0.2, -0.15) is 0 Å². The molecular weight excluding hydrogens is 273 g/mol. The van der Waals surface area contributed by atoms with Crippen LogP contribution in [0.3, 0.4) is 0 Å². The molecule has 0 radical (unpaired) electrons. The quantitative estimate of drug-likeness (QED) is 0.841. The van der Waals surface area contributed by atoms with Crippen molar-refractivity contribution in [1.82, 2.24) is 0 Å². The molecule has 0 aliphatic carbocycles. The smallest absolute Gasteiger partial charge is 0.223 e. The van der Waals surface area contributed by atoms with Crippen molar-refractivity contribution in [1.29, 1.82) is 0 Å². The number of fused-ring (bicyclic) bond motifs is 1. The van der Waals surface area contributed by atoms with Crippen molar-refractivity contribution in [3.63, 3.8) is 0 Å². The van der Waals surface area contributed by atoms with Gasteiger partial charge < -0.3 is 14.4 Å². The third-order valence-electron chi connectivity index (χ3n) is 4.05. The maximum atomic E-state index is 14.2. The molecule has 0 N–H and O–H groups in total. The van der Waals surface area contributed by atoms with Crippen LogP contribution in [0.1, 0.15) is 38.2 Å². The Morgan fingerprint density at radius 2 is 2.24 bits per heavy atom. The van der Waals surface area contributed by atoms with Gasteiger partial charge in [0.05, 0.1) is 12.3 Å². The van der Waals surface area contributed by atoms with Crippen LogP contribution >= 0.6 is 0 Å². The van der Waals surface area contributed by atoms with Gasteiger partial charge in [0.1, 0.15) is 11.6 Å². The summed E-state index contributed by atoms with van der Waals surface area (Å²) in [6.07, 6.45) is 4.26. The fraction of sp³-hybridized carbons (Fsp3) is 0.562. The number of hydrogen-bond acceptors (Lipinski definition) is 3. The predicted octanol–water partition coefficient (Wildman–Crippen LogP) is 3.03. The summed E-state index contributed by atoms with van der Waals surface area (Å²) >= 11 is 0. The zero-order valence-corrected chi connectivity index (χ0v) is 12.2. The normalized spacial score (nSPS) is 21.8. The fourth-order valence-electron chi connectivity index (χ4n) is 3.02. The number of benzene rings is 1. The van der Waals surface area contributed by atoms with Gasteiger partial charge in [-0.25, -0.2) is 4.39 Å². The molecule has 1 unspecified atom stereocenters. The van der Waals surface area contributed by atoms with Crippen molar-refractivity contribution >= 4 is 11.6 Å². The zero-order chi connectivity index (χ0) is 14.8. The van der Waals surface area contributed by atoms with E-state index in [-0.39, 0.29) is 18.0 Å². The van der Waals surface area contributed by atoms with Crippen LogP contribution in [0.4, 0.5) is 10.1 Å². The van der Waals surface area contributed by atoms with Crippen molar-refractivity contribution in [2.75, 3.05) is 18.1 Å². The average molecular weight is 293 g/mol. The van der Waals surface area contributed by atoms with E-state index in [1.165, 1.54) is 17.9 Å². The van der Waals surface area contributed by atoms with Crippen LogP contribution in [0.2, 0.25) is 0 Å². The highest BCUT2D eigenvalue weighted by Gasteiger charge is 2.27. The Morgan fingerprint density at radius 3 is 2.95 bits per heavy atom. The molecule has 0 aromatic heterocycles. The minimum atomic E-state index is -0.364. The van der Waals surface area contributed by atoms with E-state index in [2.05, 4.69) is 0 Å². The van der Waals surface area contributed by atoms with E-state index in [1.807, 2.05) is 0 Å². The lowest BCUT2D eigenvalue weighted by molar-refractivity contribution is -0.116. The van der Waals surface area contributed by atoms with Gasteiger partial charge in [0, 0.05) is 25.5 Å². The van der Waals surface area contributed by atoms with Crippen molar-refractivity contribution in [3.8, 4) is 5.75 Å². The number of ether oxygens (including phenoxy) is 2. The first-order chi connectivity index (χ1) is 10.2. The van der Waals surface area contributed by atoms with E-state index in [4.69, 9.17) is 9.47 Å². The highest BCUT2D eigenvalue weighted by Crippen LogP contribution is 2.37. The Kier molecular flexibility index (Phi) is 4.10. The highest BCUT2D eigenvalue weighted by atomic mass is 19.1. The summed E-state index contributed by atoms with van der Waals surface area (Å²) < 4.78 is 25.7. The second-order valence-electron chi connectivity index (χ2n) is 5.56. The third kappa shape index (κ3) is 2.88. The fourth-order valence-corrected chi connectivity index (χ4v) is 3.02. The molecule has 21 heavy (non-hydrogen) atoms. The second-order valence-corrected chi connectivity index (χ2v) is 5.56. The summed E-state index contributed by atoms with van der Waals surface area (Å²) in [7, 11) is 0. The Balaban J connectivity index is 1.91. The summed E-state index contributed by atoms with van der Waals surface area (Å²) in [6.45, 7) is 2.72. The lowest BCUT2D eigenvalue weighted by Gasteiger charge is -2.31. The summed E-state index contributed by atoms with van der Waals surface area (Å²) in [5.74, 6) is 0.141. The van der Waals surface area contributed by atoms with E-state index < -0.39 is 0 Å². The number of carbonyl (C=O) groups excluding carboxylic acids is 1. The number of rotatable bonds is 2. The first-order valence-electron chi connectivity index (χ1n) is 7.54. The van der Waals surface area contributed by atoms with Crippen LogP contribution in [-0.4, -0.2) is 25.3 Å². The maximum absolute atomic E-state index is 14.2. The van der Waals surface area contributed by atoms with Gasteiger partial charge in [-0.15, -0.1) is 0 Å². The van der Waals surface area contributed by atoms with Crippen molar-refractivity contribution in [2.24, 2.45) is 0 Å². The van der Waals surface area contributed by atoms with Crippen molar-refractivity contribution in [2.45, 2.75) is 45.3 Å². The SMILES string of the molecule is CC(=O)N1CCCc2c(OC3CCCCO3)ccc(F)c21. The lowest BCUT2D eigenvalue weighted by Crippen LogP contribution is -2.35. The number of halogens is 1. The molecule has 3 rings (SSSR count). The van der Waals surface area contributed by atoms with Crippen LogP contribution in [0, 0.1) is 5.82 Å². The van der Waals surface area contributed by atoms with E-state index >= 15 is 0 Å². The van der Waals surface area contributed by atoms with Crippen LogP contribution < -0.4 is 9.64 Å². The monoisotopic (exact) mass is 293 g/mol. The molecule has 1 amide bonds. The van der Waals surface area contributed by atoms with E-state index in [9.17, 15) is 9.18 Å². The maximum Gasteiger partial charge on any atom is 0.223 e. The van der Waals surface area contributed by atoms with Crippen molar-refractivity contribution < 1.29 is 18.7 Å². The molecule has 0 spiro atoms. The highest BCUT2D eigenvalue weighted by molar-refractivity contribution is 5.93. The molecule has 2 aliphatic heterocycles. The topological polar surface area (TPSA) is 38.8 Å². The lowest BCUT2D eigenvalue weighted by atomic mass is 10.00. The molecule has 5 heteroatoms. The molecule has 0 saturated carbocycles. The Labute approximate surface area is 123 Å². The van der Waals surface area contributed by atoms with Gasteiger partial charge in [0.2, 0.25) is 5.91 Å². The van der Waals surface area contributed by atoms with Gasteiger partial charge in [-0.3, -0.25) is 4.79 Å². The van der Waals surface area contributed by atoms with Gasteiger partial charge in [-0.05, 0) is 37.8 Å². The molecular formula is C16H20FNO3. The van der Waals surface area contributed by atoms with E-state index in [0.717, 1.165) is 37.7 Å². The molecule has 1 aromatic carbocycles. The predicted molar refractivity (Wildman–Crippen MR) is 77.0 cm³/mol. The Bertz CT molecular complexity index is 541. The van der Waals surface area contributed by atoms with Gasteiger partial charge >= 0.3 is 0 Å². The molecule has 1 aromatic rings. The van der Waals surface area contributed by atoms with E-state index in [0.29, 0.717) is 24.6 Å². The van der Waals surface area contributed by atoms with Crippen LogP contribution in [0.5, 0.6) is 5.75 Å². The first kappa shape index (κ1) is 14.3. The summed E-state index contributed by atoms with van der Waals surface area (Å²) in [4.78, 5) is 13.2. The number of hydrogen-bond donors (Lipinski definition) is 0. The van der Waals surface area contributed by atoms with Gasteiger partial charge in [0.25, 0.3) is 0 Å². The minimum Gasteiger partial charge on any atom is -0.465 e. The molecule has 1 fully saturated rings. The molecule has 2 heterocycles. The van der Waals surface area contributed by atoms with Crippen LogP contribution in [-0.2, 0) is 16.0 Å². The number of anilines is 1. The minimum absolute atomic E-state index is 0.138. The standard InChI is InChI=1S/C16H20FNO3/c1-11(19)18-9-4-5-12-14(8-7-13(17)16(12)18)21-15-6-2-3-10-20-15/h7-8,15H,2-6,9-10H2,1H3. The summed E-state index contributed by atoms with van der Waals surface area (Å²) in [6, 6.07) is 3.02. The number of nitrogens with zero attached hydrogens (tertiary/aromatic N) is 1. The first-order valence-corrected chi connectivity index (χ1v) is 7.54. The summed E-state index contributed by atoms with van der Waals surface area (Å²) in [5.41, 5.74) is 1.16. The number of carbonyl (C=O) groups is 1.